The molecule has 12 heteroatoms. The molecule has 0 radical (unpaired) electrons. The Morgan fingerprint density at radius 1 is 1.24 bits per heavy atom. The number of hydrogen-bond acceptors (Lipinski definition) is 6. The lowest BCUT2D eigenvalue weighted by atomic mass is 9.91. The molecule has 3 aromatic rings. The van der Waals surface area contributed by atoms with Gasteiger partial charge in [-0.25, -0.2) is 0 Å². The van der Waals surface area contributed by atoms with Crippen molar-refractivity contribution >= 4 is 56.5 Å². The Labute approximate surface area is 260 Å². The van der Waals surface area contributed by atoms with Crippen molar-refractivity contribution < 1.29 is 30.6 Å². The van der Waals surface area contributed by atoms with E-state index in [1.165, 1.54) is 17.3 Å². The number of fused-ring (bicyclic) bond motifs is 1. The Balaban J connectivity index is 1.53. The van der Waals surface area contributed by atoms with Gasteiger partial charge >= 0.3 is 6.18 Å². The van der Waals surface area contributed by atoms with Crippen molar-refractivity contribution in [3.05, 3.63) is 59.8 Å². The van der Waals surface area contributed by atoms with Gasteiger partial charge in [0.1, 0.15) is 41.6 Å². The number of benzene rings is 2. The third kappa shape index (κ3) is 8.73. The second kappa shape index (κ2) is 14.7. The molecule has 1 heterocycles. The van der Waals surface area contributed by atoms with Crippen molar-refractivity contribution in [3.8, 4) is 17.6 Å². The van der Waals surface area contributed by atoms with Crippen LogP contribution in [0.1, 0.15) is 31.4 Å². The smallest absolute Gasteiger partial charge is 0.406 e. The SMILES string of the molecule is COc1cc([S+](C)[O-])ccc1NCC#Cc1cc2c(NC3CC=C(CC(O)COI)CC3)cccc2n1CC(F)(F)F. The highest BCUT2D eigenvalue weighted by molar-refractivity contribution is 14.1. The zero-order chi connectivity index (χ0) is 30.3. The normalized spacial score (nSPS) is 16.8. The number of aliphatic hydroxyl groups is 1. The van der Waals surface area contributed by atoms with Gasteiger partial charge in [-0.2, -0.15) is 13.2 Å². The molecule has 2 aromatic carbocycles. The zero-order valence-electron chi connectivity index (χ0n) is 23.3. The van der Waals surface area contributed by atoms with Gasteiger partial charge in [0.05, 0.1) is 43.3 Å². The van der Waals surface area contributed by atoms with Gasteiger partial charge in [-0.1, -0.05) is 23.6 Å². The number of halogens is 4. The number of aliphatic hydroxyl groups excluding tert-OH is 1. The number of anilines is 2. The average Bonchev–Trinajstić information content (AvgIpc) is 3.28. The van der Waals surface area contributed by atoms with E-state index in [1.54, 1.807) is 65.7 Å². The molecule has 0 spiro atoms. The Bertz CT molecular complexity index is 1470. The van der Waals surface area contributed by atoms with Crippen molar-refractivity contribution in [2.45, 2.75) is 55.4 Å². The number of methoxy groups -OCH3 is 1. The maximum absolute atomic E-state index is 13.6. The molecule has 0 saturated carbocycles. The van der Waals surface area contributed by atoms with Crippen LogP contribution in [0.4, 0.5) is 24.5 Å². The fourth-order valence-electron chi connectivity index (χ4n) is 4.99. The molecular weight excluding hydrogens is 682 g/mol. The quantitative estimate of drug-likeness (QED) is 0.0920. The number of alkyl halides is 3. The lowest BCUT2D eigenvalue weighted by molar-refractivity contribution is -0.140. The first-order valence-electron chi connectivity index (χ1n) is 13.4. The highest BCUT2D eigenvalue weighted by Crippen LogP contribution is 2.33. The number of nitrogens with one attached hydrogen (secondary N) is 2. The molecule has 226 valence electrons. The minimum Gasteiger partial charge on any atom is -0.612 e. The molecule has 3 unspecified atom stereocenters. The van der Waals surface area contributed by atoms with Gasteiger partial charge in [0, 0.05) is 23.2 Å². The summed E-state index contributed by atoms with van der Waals surface area (Å²) in [5, 5.41) is 17.3. The van der Waals surface area contributed by atoms with E-state index in [9.17, 15) is 22.8 Å². The van der Waals surface area contributed by atoms with Gasteiger partial charge in [0.15, 0.2) is 4.90 Å². The van der Waals surface area contributed by atoms with Gasteiger partial charge in [-0.05, 0) is 73.1 Å². The summed E-state index contributed by atoms with van der Waals surface area (Å²) in [5.41, 5.74) is 3.30. The molecule has 0 amide bonds. The molecule has 1 aliphatic carbocycles. The fraction of sp³-hybridized carbons (Fsp3) is 0.400. The predicted molar refractivity (Wildman–Crippen MR) is 169 cm³/mol. The van der Waals surface area contributed by atoms with Crippen LogP contribution in [0.5, 0.6) is 5.75 Å². The van der Waals surface area contributed by atoms with Gasteiger partial charge in [-0.15, -0.1) is 0 Å². The third-order valence-corrected chi connectivity index (χ3v) is 8.27. The predicted octanol–water partition coefficient (Wildman–Crippen LogP) is 6.42. The minimum absolute atomic E-state index is 0.119. The highest BCUT2D eigenvalue weighted by Gasteiger charge is 2.30. The van der Waals surface area contributed by atoms with Crippen LogP contribution in [-0.2, 0) is 20.8 Å². The lowest BCUT2D eigenvalue weighted by Crippen LogP contribution is -2.23. The van der Waals surface area contributed by atoms with E-state index < -0.39 is 30.0 Å². The number of ether oxygens (including phenoxy) is 1. The molecule has 3 N–H and O–H groups in total. The second-order valence-corrected chi connectivity index (χ2v) is 12.1. The summed E-state index contributed by atoms with van der Waals surface area (Å²) in [7, 11) is 1.51. The van der Waals surface area contributed by atoms with Gasteiger partial charge in [0.25, 0.3) is 0 Å². The van der Waals surface area contributed by atoms with Crippen molar-refractivity contribution in [2.24, 2.45) is 0 Å². The molecule has 0 bridgehead atoms. The fourth-order valence-corrected chi connectivity index (χ4v) is 5.94. The molecule has 1 aromatic heterocycles. The summed E-state index contributed by atoms with van der Waals surface area (Å²) in [6.45, 7) is -0.709. The Kier molecular flexibility index (Phi) is 11.4. The highest BCUT2D eigenvalue weighted by atomic mass is 127. The number of hydrogen-bond donors (Lipinski definition) is 3. The molecule has 42 heavy (non-hydrogen) atoms. The van der Waals surface area contributed by atoms with Crippen LogP contribution >= 0.6 is 23.0 Å². The van der Waals surface area contributed by atoms with Crippen LogP contribution in [0.25, 0.3) is 10.9 Å². The average molecular weight is 716 g/mol. The van der Waals surface area contributed by atoms with Crippen LogP contribution in [0.3, 0.4) is 0 Å². The monoisotopic (exact) mass is 715 g/mol. The Hall–Kier alpha value is -2.57. The van der Waals surface area contributed by atoms with E-state index in [2.05, 4.69) is 28.6 Å². The van der Waals surface area contributed by atoms with E-state index in [1.807, 2.05) is 6.07 Å². The van der Waals surface area contributed by atoms with E-state index in [4.69, 9.17) is 7.80 Å². The van der Waals surface area contributed by atoms with Crippen LogP contribution in [0, 0.1) is 11.8 Å². The molecule has 0 fully saturated rings. The number of nitrogens with zero attached hydrogens (tertiary/aromatic N) is 1. The minimum atomic E-state index is -4.42. The van der Waals surface area contributed by atoms with Crippen molar-refractivity contribution in [1.29, 1.82) is 0 Å². The topological polar surface area (TPSA) is 90.7 Å². The van der Waals surface area contributed by atoms with Crippen LogP contribution in [-0.4, -0.2) is 59.1 Å². The summed E-state index contributed by atoms with van der Waals surface area (Å²) in [4.78, 5) is 0.620. The van der Waals surface area contributed by atoms with Crippen LogP contribution < -0.4 is 15.4 Å². The van der Waals surface area contributed by atoms with E-state index in [0.717, 1.165) is 24.9 Å². The molecular formula is C30H33F3IN3O4S. The summed E-state index contributed by atoms with van der Waals surface area (Å²) >= 11 is 0.607. The molecule has 1 aliphatic rings. The van der Waals surface area contributed by atoms with E-state index in [-0.39, 0.29) is 24.9 Å². The standard InChI is InChI=1S/C30H33F3IN3O4S/c1-40-29-17-24(42(2)39)12-13-27(29)35-14-4-5-22-16-25-26(6-3-7-28(25)37(22)19-30(31,32)33)36-21-10-8-20(9-11-21)15-23(38)18-41-34/h3,6-8,12-13,16-17,21,23,35-36,38H,9-11,14-15,18-19H2,1-2H3. The first-order valence-corrected chi connectivity index (χ1v) is 15.8. The molecule has 3 atom stereocenters. The van der Waals surface area contributed by atoms with Crippen LogP contribution in [0.15, 0.2) is 59.0 Å². The third-order valence-electron chi connectivity index (χ3n) is 6.99. The molecule has 0 aliphatic heterocycles. The summed E-state index contributed by atoms with van der Waals surface area (Å²) < 4.78 is 64.1. The number of aromatic nitrogens is 1. The Morgan fingerprint density at radius 3 is 2.71 bits per heavy atom. The largest absolute Gasteiger partial charge is 0.612 e. The van der Waals surface area contributed by atoms with Crippen molar-refractivity contribution in [3.63, 3.8) is 0 Å². The van der Waals surface area contributed by atoms with Gasteiger partial charge < -0.3 is 32.7 Å². The number of rotatable bonds is 11. The van der Waals surface area contributed by atoms with E-state index in [0.29, 0.717) is 33.7 Å². The first-order chi connectivity index (χ1) is 20.1. The summed E-state index contributed by atoms with van der Waals surface area (Å²) in [6, 6.07) is 12.3. The summed E-state index contributed by atoms with van der Waals surface area (Å²) in [5.74, 6) is 6.35. The second-order valence-electron chi connectivity index (χ2n) is 10.1. The van der Waals surface area contributed by atoms with E-state index >= 15 is 0 Å². The first kappa shape index (κ1) is 32.3. The molecule has 7 nitrogen and oxygen atoms in total. The maximum atomic E-state index is 13.6. The van der Waals surface area contributed by atoms with Gasteiger partial charge in [0.2, 0.25) is 0 Å². The summed E-state index contributed by atoms with van der Waals surface area (Å²) in [6.07, 6.45) is 1.74. The molecule has 4 rings (SSSR count). The maximum Gasteiger partial charge on any atom is 0.406 e. The van der Waals surface area contributed by atoms with Crippen molar-refractivity contribution in [2.75, 3.05) is 37.2 Å². The van der Waals surface area contributed by atoms with Gasteiger partial charge in [-0.3, -0.25) is 0 Å². The van der Waals surface area contributed by atoms with Crippen molar-refractivity contribution in [1.82, 2.24) is 4.57 Å². The Morgan fingerprint density at radius 2 is 2.05 bits per heavy atom. The lowest BCUT2D eigenvalue weighted by Gasteiger charge is -2.25. The molecule has 0 saturated heterocycles. The van der Waals surface area contributed by atoms with Crippen LogP contribution in [0.2, 0.25) is 0 Å². The zero-order valence-corrected chi connectivity index (χ0v) is 26.2.